The van der Waals surface area contributed by atoms with Gasteiger partial charge >= 0.3 is 0 Å². The molecule has 5 rings (SSSR count). The zero-order valence-electron chi connectivity index (χ0n) is 19.3. The largest absolute Gasteiger partial charge is 0.364 e. The van der Waals surface area contributed by atoms with Gasteiger partial charge in [0.2, 0.25) is 0 Å². The summed E-state index contributed by atoms with van der Waals surface area (Å²) >= 11 is 6.59. The van der Waals surface area contributed by atoms with E-state index in [4.69, 9.17) is 16.1 Å². The topological polar surface area (TPSA) is 82.2 Å². The van der Waals surface area contributed by atoms with Crippen molar-refractivity contribution >= 4 is 32.3 Å². The van der Waals surface area contributed by atoms with Crippen LogP contribution in [0.4, 0.5) is 4.39 Å². The third kappa shape index (κ3) is 4.34. The van der Waals surface area contributed by atoms with Gasteiger partial charge in [-0.25, -0.2) is 12.8 Å². The summed E-state index contributed by atoms with van der Waals surface area (Å²) in [7, 11) is -3.70. The van der Waals surface area contributed by atoms with Crippen molar-refractivity contribution in [1.29, 1.82) is 0 Å². The number of sulfone groups is 1. The summed E-state index contributed by atoms with van der Waals surface area (Å²) in [5.74, 6) is -0.676. The highest BCUT2D eigenvalue weighted by atomic mass is 35.5. The van der Waals surface area contributed by atoms with Crippen molar-refractivity contribution in [2.75, 3.05) is 0 Å². The molecule has 5 aromatic rings. The maximum atomic E-state index is 13.8. The van der Waals surface area contributed by atoms with Gasteiger partial charge < -0.3 is 4.52 Å². The van der Waals surface area contributed by atoms with Gasteiger partial charge in [0.25, 0.3) is 5.56 Å². The minimum Gasteiger partial charge on any atom is -0.364 e. The summed E-state index contributed by atoms with van der Waals surface area (Å²) in [6.45, 7) is 3.60. The van der Waals surface area contributed by atoms with E-state index in [2.05, 4.69) is 5.16 Å². The second-order valence-corrected chi connectivity index (χ2v) is 11.0. The SMILES string of the molecule is Cc1cc(-c2cccc(F)c2)c(Cl)cc1-n1c(=O)cc(C)c2cc(S(=O)(=O)Cc3ccon3)ccc21. The first kappa shape index (κ1) is 24.0. The summed E-state index contributed by atoms with van der Waals surface area (Å²) in [6.07, 6.45) is 1.32. The Morgan fingerprint density at radius 3 is 2.53 bits per heavy atom. The molecule has 0 radical (unpaired) electrons. The van der Waals surface area contributed by atoms with Crippen molar-refractivity contribution < 1.29 is 17.3 Å². The zero-order valence-corrected chi connectivity index (χ0v) is 20.9. The molecule has 182 valence electrons. The Hall–Kier alpha value is -3.75. The average Bonchev–Trinajstić information content (AvgIpc) is 3.33. The molecule has 3 aromatic carbocycles. The number of fused-ring (bicyclic) bond motifs is 1. The van der Waals surface area contributed by atoms with Gasteiger partial charge in [0, 0.05) is 23.1 Å². The predicted molar refractivity (Wildman–Crippen MR) is 137 cm³/mol. The molecule has 6 nitrogen and oxygen atoms in total. The Morgan fingerprint density at radius 1 is 1.00 bits per heavy atom. The lowest BCUT2D eigenvalue weighted by Crippen LogP contribution is -2.19. The third-order valence-electron chi connectivity index (χ3n) is 6.04. The number of pyridine rings is 1. The fourth-order valence-electron chi connectivity index (χ4n) is 4.29. The molecule has 2 aromatic heterocycles. The molecule has 36 heavy (non-hydrogen) atoms. The molecule has 0 atom stereocenters. The summed E-state index contributed by atoms with van der Waals surface area (Å²) in [6, 6.07) is 17.2. The number of halogens is 2. The van der Waals surface area contributed by atoms with Gasteiger partial charge in [0.05, 0.1) is 26.8 Å². The first-order valence-electron chi connectivity index (χ1n) is 11.0. The van der Waals surface area contributed by atoms with E-state index < -0.39 is 9.84 Å². The van der Waals surface area contributed by atoms with Gasteiger partial charge in [0.15, 0.2) is 9.84 Å². The first-order valence-corrected chi connectivity index (χ1v) is 13.0. The van der Waals surface area contributed by atoms with Crippen LogP contribution in [0, 0.1) is 19.7 Å². The Bertz CT molecular complexity index is 1800. The van der Waals surface area contributed by atoms with Crippen LogP contribution in [0.15, 0.2) is 87.2 Å². The minimum absolute atomic E-state index is 0.113. The van der Waals surface area contributed by atoms with E-state index >= 15 is 0 Å². The van der Waals surface area contributed by atoms with Crippen LogP contribution in [0.1, 0.15) is 16.8 Å². The standard InChI is InChI=1S/C27H20ClFN2O4S/c1-16-11-27(32)31(26-14-24(28)23(10-17(26)2)18-4-3-5-19(29)12-18)25-7-6-21(13-22(16)25)36(33,34)15-20-8-9-35-30-20/h3-14H,15H2,1-2H3. The van der Waals surface area contributed by atoms with Crippen molar-refractivity contribution in [3.8, 4) is 16.8 Å². The summed E-state index contributed by atoms with van der Waals surface area (Å²) in [5, 5.41) is 4.66. The van der Waals surface area contributed by atoms with E-state index in [0.717, 1.165) is 5.56 Å². The van der Waals surface area contributed by atoms with Gasteiger partial charge in [-0.2, -0.15) is 0 Å². The molecule has 0 spiro atoms. The molecule has 9 heteroatoms. The molecular formula is C27H20ClFN2O4S. The number of hydrogen-bond acceptors (Lipinski definition) is 5. The number of hydrogen-bond donors (Lipinski definition) is 0. The van der Waals surface area contributed by atoms with Crippen molar-refractivity contribution in [2.24, 2.45) is 0 Å². The molecule has 0 saturated heterocycles. The first-order chi connectivity index (χ1) is 17.1. The molecule has 0 unspecified atom stereocenters. The van der Waals surface area contributed by atoms with E-state index in [1.807, 2.05) is 6.92 Å². The van der Waals surface area contributed by atoms with Crippen LogP contribution in [0.2, 0.25) is 5.02 Å². The molecule has 0 saturated carbocycles. The van der Waals surface area contributed by atoms with Crippen molar-refractivity contribution in [2.45, 2.75) is 24.5 Å². The van der Waals surface area contributed by atoms with Gasteiger partial charge in [-0.15, -0.1) is 0 Å². The Balaban J connectivity index is 1.66. The normalized spacial score (nSPS) is 11.8. The minimum atomic E-state index is -3.70. The molecule has 0 amide bonds. The smallest absolute Gasteiger partial charge is 0.255 e. The van der Waals surface area contributed by atoms with Crippen LogP contribution < -0.4 is 5.56 Å². The second kappa shape index (κ2) is 9.04. The molecule has 0 N–H and O–H groups in total. The molecule has 0 aliphatic heterocycles. The highest BCUT2D eigenvalue weighted by Crippen LogP contribution is 2.34. The van der Waals surface area contributed by atoms with Crippen molar-refractivity contribution in [3.05, 3.63) is 111 Å². The van der Waals surface area contributed by atoms with E-state index in [0.29, 0.717) is 44.0 Å². The highest BCUT2D eigenvalue weighted by molar-refractivity contribution is 7.90. The van der Waals surface area contributed by atoms with Crippen LogP contribution in [0.5, 0.6) is 0 Å². The fraction of sp³-hybridized carbons (Fsp3) is 0.111. The predicted octanol–water partition coefficient (Wildman–Crippen LogP) is 6.03. The van der Waals surface area contributed by atoms with Crippen LogP contribution in [-0.4, -0.2) is 18.1 Å². The van der Waals surface area contributed by atoms with Crippen molar-refractivity contribution in [3.63, 3.8) is 0 Å². The molecule has 0 fully saturated rings. The quantitative estimate of drug-likeness (QED) is 0.281. The Labute approximate surface area is 211 Å². The van der Waals surface area contributed by atoms with Gasteiger partial charge in [-0.3, -0.25) is 9.36 Å². The van der Waals surface area contributed by atoms with Crippen LogP contribution >= 0.6 is 11.6 Å². The maximum Gasteiger partial charge on any atom is 0.255 e. The molecule has 0 bridgehead atoms. The number of rotatable bonds is 5. The van der Waals surface area contributed by atoms with Crippen LogP contribution in [-0.2, 0) is 15.6 Å². The highest BCUT2D eigenvalue weighted by Gasteiger charge is 2.20. The van der Waals surface area contributed by atoms with E-state index in [1.54, 1.807) is 43.3 Å². The Kier molecular flexibility index (Phi) is 6.02. The number of nitrogens with zero attached hydrogens (tertiary/aromatic N) is 2. The molecule has 0 aliphatic rings. The van der Waals surface area contributed by atoms with E-state index in [1.165, 1.54) is 41.2 Å². The number of aryl methyl sites for hydroxylation is 2. The van der Waals surface area contributed by atoms with E-state index in [9.17, 15) is 17.6 Å². The van der Waals surface area contributed by atoms with Gasteiger partial charge in [0.1, 0.15) is 17.8 Å². The van der Waals surface area contributed by atoms with Gasteiger partial charge in [-0.05, 0) is 73.0 Å². The average molecular weight is 523 g/mol. The summed E-state index contributed by atoms with van der Waals surface area (Å²) < 4.78 is 46.0. The summed E-state index contributed by atoms with van der Waals surface area (Å²) in [5.41, 5.74) is 3.77. The lowest BCUT2D eigenvalue weighted by atomic mass is 10.0. The van der Waals surface area contributed by atoms with Crippen LogP contribution in [0.3, 0.4) is 0 Å². The summed E-state index contributed by atoms with van der Waals surface area (Å²) in [4.78, 5) is 13.3. The third-order valence-corrected chi connectivity index (χ3v) is 8.01. The lowest BCUT2D eigenvalue weighted by molar-refractivity contribution is 0.413. The van der Waals surface area contributed by atoms with Crippen LogP contribution in [0.25, 0.3) is 27.7 Å². The second-order valence-electron chi connectivity index (χ2n) is 8.56. The zero-order chi connectivity index (χ0) is 25.6. The molecular weight excluding hydrogens is 503 g/mol. The van der Waals surface area contributed by atoms with Gasteiger partial charge in [-0.1, -0.05) is 28.9 Å². The number of aromatic nitrogens is 2. The van der Waals surface area contributed by atoms with E-state index in [-0.39, 0.29) is 22.0 Å². The maximum absolute atomic E-state index is 13.8. The number of benzene rings is 3. The molecule has 2 heterocycles. The van der Waals surface area contributed by atoms with Crippen molar-refractivity contribution in [1.82, 2.24) is 9.72 Å². The lowest BCUT2D eigenvalue weighted by Gasteiger charge is -2.17. The monoisotopic (exact) mass is 522 g/mol. The fourth-order valence-corrected chi connectivity index (χ4v) is 5.84. The Morgan fingerprint density at radius 2 is 1.81 bits per heavy atom. The molecule has 0 aliphatic carbocycles.